The average Bonchev–Trinajstić information content (AvgIpc) is 3.00. The summed E-state index contributed by atoms with van der Waals surface area (Å²) >= 11 is 0. The fourth-order valence-electron chi connectivity index (χ4n) is 5.94. The number of fused-ring (bicyclic) bond motifs is 15. The number of aryl methyl sites for hydroxylation is 1. The van der Waals surface area contributed by atoms with Gasteiger partial charge in [-0.2, -0.15) is 0 Å². The van der Waals surface area contributed by atoms with Crippen molar-refractivity contribution in [3.8, 4) is 5.75 Å². The molecule has 0 saturated heterocycles. The number of nitrogens with two attached hydrogens (primary N) is 1. The second-order valence-electron chi connectivity index (χ2n) is 12.6. The lowest BCUT2D eigenvalue weighted by molar-refractivity contribution is -0.116. The lowest BCUT2D eigenvalue weighted by atomic mass is 9.77. The van der Waals surface area contributed by atoms with Crippen molar-refractivity contribution < 1.29 is 44.7 Å². The summed E-state index contributed by atoms with van der Waals surface area (Å²) < 4.78 is 0. The first-order valence-electron chi connectivity index (χ1n) is 15.2. The van der Waals surface area contributed by atoms with Gasteiger partial charge in [0, 0.05) is 45.9 Å². The molecule has 0 aliphatic heterocycles. The molecule has 4 bridgehead atoms. The smallest absolute Gasteiger partial charge is 0.192 e. The summed E-state index contributed by atoms with van der Waals surface area (Å²) in [6, 6.07) is -0.192. The quantitative estimate of drug-likeness (QED) is 0.250. The molecule has 7 N–H and O–H groups in total. The number of benzene rings is 1. The topological polar surface area (TPSA) is 195 Å². The lowest BCUT2D eigenvalue weighted by Gasteiger charge is -2.32. The maximum Gasteiger partial charge on any atom is 0.192 e. The van der Waals surface area contributed by atoms with E-state index in [1.165, 1.54) is 39.0 Å². The van der Waals surface area contributed by atoms with Crippen molar-refractivity contribution in [2.75, 3.05) is 0 Å². The number of carbonyl (C=O) groups excluding carboxylic acids is 4. The van der Waals surface area contributed by atoms with E-state index in [0.717, 1.165) is 6.08 Å². The summed E-state index contributed by atoms with van der Waals surface area (Å²) in [7, 11) is 0. The van der Waals surface area contributed by atoms with Crippen LogP contribution in [0.25, 0.3) is 0 Å². The van der Waals surface area contributed by atoms with E-state index in [9.17, 15) is 44.7 Å². The molecule has 0 amide bonds. The lowest BCUT2D eigenvalue weighted by Crippen LogP contribution is -2.40. The van der Waals surface area contributed by atoms with E-state index in [1.54, 1.807) is 39.8 Å². The third kappa shape index (κ3) is 7.15. The Balaban J connectivity index is 2.18. The molecule has 9 unspecified atom stereocenters. The molecule has 10 nitrogen and oxygen atoms in total. The second kappa shape index (κ2) is 14.3. The number of Topliss-reactive ketones (excluding diaryl/α,β-unsaturated/α-hetero) is 3. The van der Waals surface area contributed by atoms with Crippen molar-refractivity contribution >= 4 is 23.1 Å². The largest absolute Gasteiger partial charge is 0.507 e. The molecule has 0 aromatic heterocycles. The fraction of sp³-hybridized carbons (Fsp3) is 0.486. The molecule has 1 aromatic carbocycles. The van der Waals surface area contributed by atoms with E-state index in [2.05, 4.69) is 0 Å². The van der Waals surface area contributed by atoms with Gasteiger partial charge in [-0.25, -0.2) is 0 Å². The minimum absolute atomic E-state index is 0.118. The van der Waals surface area contributed by atoms with Crippen molar-refractivity contribution in [1.82, 2.24) is 0 Å². The van der Waals surface area contributed by atoms with E-state index < -0.39 is 83.0 Å². The monoisotopic (exact) mass is 623 g/mol. The Morgan fingerprint density at radius 3 is 1.87 bits per heavy atom. The molecule has 3 aliphatic rings. The van der Waals surface area contributed by atoms with Crippen LogP contribution in [0.5, 0.6) is 5.75 Å². The Hall–Kier alpha value is -3.54. The maximum absolute atomic E-state index is 13.8. The number of hydrogen-bond acceptors (Lipinski definition) is 10. The highest BCUT2D eigenvalue weighted by Crippen LogP contribution is 2.37. The zero-order valence-electron chi connectivity index (χ0n) is 26.8. The highest BCUT2D eigenvalue weighted by Gasteiger charge is 2.39. The van der Waals surface area contributed by atoms with Gasteiger partial charge in [0.15, 0.2) is 23.1 Å². The van der Waals surface area contributed by atoms with Crippen LogP contribution in [-0.2, 0) is 4.79 Å². The fourth-order valence-corrected chi connectivity index (χ4v) is 5.94. The predicted octanol–water partition coefficient (Wildman–Crippen LogP) is 2.93. The Morgan fingerprint density at radius 1 is 0.778 bits per heavy atom. The molecular formula is C35H45NO9. The van der Waals surface area contributed by atoms with Crippen molar-refractivity contribution in [2.45, 2.75) is 85.3 Å². The maximum atomic E-state index is 13.8. The molecule has 0 radical (unpaired) electrons. The molecule has 4 rings (SSSR count). The van der Waals surface area contributed by atoms with E-state index in [-0.39, 0.29) is 45.4 Å². The van der Waals surface area contributed by atoms with Crippen LogP contribution in [0.3, 0.4) is 0 Å². The zero-order chi connectivity index (χ0) is 34.1. The Morgan fingerprint density at radius 2 is 1.31 bits per heavy atom. The van der Waals surface area contributed by atoms with Crippen molar-refractivity contribution in [2.24, 2.45) is 29.4 Å². The molecule has 1 aromatic rings. The SMILES string of the molecule is CC1=CC=CC(C)C(O)C(C)C(O)CC(O)C(C)C(O)C(C)C=CC(=O)c2c(O)c(C)cc3c2C(=O)C(C)=C(C3=O)C(N)C1=O. The van der Waals surface area contributed by atoms with Gasteiger partial charge in [-0.1, -0.05) is 52.0 Å². The van der Waals surface area contributed by atoms with Gasteiger partial charge in [0.2, 0.25) is 0 Å². The van der Waals surface area contributed by atoms with E-state index in [0.29, 0.717) is 0 Å². The number of aliphatic hydroxyl groups excluding tert-OH is 4. The third-order valence-electron chi connectivity index (χ3n) is 9.34. The van der Waals surface area contributed by atoms with Gasteiger partial charge in [0.25, 0.3) is 0 Å². The standard InChI is InChI=1S/C35H45NO9/c1-15-9-8-10-16(2)33(43)29(36)26-21(7)34(44)27-22(35(26)45)13-18(4)32(42)28(27)23(37)12-11-17(3)31(41)20(6)25(39)14-24(38)19(5)30(15)40/h8-13,15,17,19-20,24-25,29-31,38-42H,14,36H2,1-7H3. The van der Waals surface area contributed by atoms with Crippen LogP contribution >= 0.6 is 0 Å². The van der Waals surface area contributed by atoms with Gasteiger partial charge >= 0.3 is 0 Å². The number of phenolic OH excluding ortho intramolecular Hbond substituents is 1. The summed E-state index contributed by atoms with van der Waals surface area (Å²) in [5.41, 5.74) is 5.47. The minimum Gasteiger partial charge on any atom is -0.507 e. The molecule has 0 fully saturated rings. The van der Waals surface area contributed by atoms with Crippen molar-refractivity contribution in [1.29, 1.82) is 0 Å². The highest BCUT2D eigenvalue weighted by molar-refractivity contribution is 6.32. The van der Waals surface area contributed by atoms with Crippen LogP contribution in [0.15, 0.2) is 53.2 Å². The normalized spacial score (nSPS) is 32.7. The number of hydrogen-bond donors (Lipinski definition) is 6. The molecule has 0 spiro atoms. The first-order valence-corrected chi connectivity index (χ1v) is 15.2. The molecule has 0 saturated carbocycles. The molecule has 3 aliphatic carbocycles. The van der Waals surface area contributed by atoms with Crippen LogP contribution in [0.2, 0.25) is 0 Å². The van der Waals surface area contributed by atoms with Gasteiger partial charge in [-0.05, 0) is 50.5 Å². The highest BCUT2D eigenvalue weighted by atomic mass is 16.3. The van der Waals surface area contributed by atoms with Gasteiger partial charge < -0.3 is 31.3 Å². The molecule has 10 heteroatoms. The first kappa shape index (κ1) is 35.9. The predicted molar refractivity (Wildman–Crippen MR) is 169 cm³/mol. The number of rotatable bonds is 0. The second-order valence-corrected chi connectivity index (χ2v) is 12.6. The van der Waals surface area contributed by atoms with Crippen LogP contribution in [0, 0.1) is 30.6 Å². The van der Waals surface area contributed by atoms with Gasteiger partial charge in [0.1, 0.15) is 5.75 Å². The molecule has 244 valence electrons. The zero-order valence-corrected chi connectivity index (χ0v) is 26.8. The molecule has 9 atom stereocenters. The van der Waals surface area contributed by atoms with Crippen LogP contribution in [0.4, 0.5) is 0 Å². The number of ketones is 4. The Labute approximate surface area is 263 Å². The summed E-state index contributed by atoms with van der Waals surface area (Å²) in [5, 5.41) is 54.3. The van der Waals surface area contributed by atoms with Crippen molar-refractivity contribution in [3.05, 3.63) is 75.4 Å². The number of aromatic hydroxyl groups is 1. The number of carbonyl (C=O) groups is 4. The van der Waals surface area contributed by atoms with Crippen molar-refractivity contribution in [3.63, 3.8) is 0 Å². The van der Waals surface area contributed by atoms with E-state index in [4.69, 9.17) is 5.73 Å². The van der Waals surface area contributed by atoms with Gasteiger partial charge in [-0.15, -0.1) is 0 Å². The minimum atomic E-state index is -1.48. The van der Waals surface area contributed by atoms with E-state index >= 15 is 0 Å². The van der Waals surface area contributed by atoms with Crippen LogP contribution < -0.4 is 5.73 Å². The van der Waals surface area contributed by atoms with Crippen LogP contribution in [0.1, 0.15) is 84.6 Å². The number of allylic oxidation sites excluding steroid dienone is 4. The van der Waals surface area contributed by atoms with Gasteiger partial charge in [-0.3, -0.25) is 19.2 Å². The number of phenols is 1. The Kier molecular flexibility index (Phi) is 11.4. The average molecular weight is 624 g/mol. The summed E-state index contributed by atoms with van der Waals surface area (Å²) in [6.45, 7) is 10.9. The molecule has 45 heavy (non-hydrogen) atoms. The van der Waals surface area contributed by atoms with Crippen LogP contribution in [-0.4, -0.2) is 79.1 Å². The first-order chi connectivity index (χ1) is 20.9. The third-order valence-corrected chi connectivity index (χ3v) is 9.34. The van der Waals surface area contributed by atoms with Gasteiger partial charge in [0.05, 0.1) is 36.0 Å². The summed E-state index contributed by atoms with van der Waals surface area (Å²) in [6.07, 6.45) is 2.61. The van der Waals surface area contributed by atoms with E-state index in [1.807, 2.05) is 0 Å². The number of aliphatic hydroxyl groups is 4. The molecule has 0 heterocycles. The molecular weight excluding hydrogens is 578 g/mol. The summed E-state index contributed by atoms with van der Waals surface area (Å²) in [4.78, 5) is 54.2. The summed E-state index contributed by atoms with van der Waals surface area (Å²) in [5.74, 6) is -5.84. The Bertz CT molecular complexity index is 1500.